The van der Waals surface area contributed by atoms with Gasteiger partial charge >= 0.3 is 12.4 Å². The summed E-state index contributed by atoms with van der Waals surface area (Å²) >= 11 is 0. The van der Waals surface area contributed by atoms with Crippen molar-refractivity contribution in [3.8, 4) is 5.88 Å². The molecule has 0 saturated heterocycles. The summed E-state index contributed by atoms with van der Waals surface area (Å²) in [6, 6.07) is 6.18. The Morgan fingerprint density at radius 1 is 0.926 bits per heavy atom. The number of rotatable bonds is 3. The molecule has 4 nitrogen and oxygen atoms in total. The standard InChI is InChI=1S/C17H11F6N3O/c1-27-15-5-3-10(8-24-15)25-13-7-14(17(21,22)23)26-12-6-9(16(18,19)20)2-4-11(12)13/h2-8H,1H3,(H,25,26). The van der Waals surface area contributed by atoms with E-state index in [4.69, 9.17) is 4.74 Å². The third-order valence-corrected chi connectivity index (χ3v) is 3.65. The fourth-order valence-electron chi connectivity index (χ4n) is 2.38. The highest BCUT2D eigenvalue weighted by Gasteiger charge is 2.35. The summed E-state index contributed by atoms with van der Waals surface area (Å²) in [4.78, 5) is 7.27. The minimum Gasteiger partial charge on any atom is -0.481 e. The van der Waals surface area contributed by atoms with Gasteiger partial charge in [-0.25, -0.2) is 9.97 Å². The zero-order valence-electron chi connectivity index (χ0n) is 13.6. The normalized spacial score (nSPS) is 12.3. The molecule has 0 amide bonds. The van der Waals surface area contributed by atoms with Crippen LogP contribution in [0.3, 0.4) is 0 Å². The maximum atomic E-state index is 13.1. The quantitative estimate of drug-likeness (QED) is 0.610. The van der Waals surface area contributed by atoms with Crippen LogP contribution < -0.4 is 10.1 Å². The number of benzene rings is 1. The molecule has 0 aliphatic carbocycles. The molecule has 2 heterocycles. The van der Waals surface area contributed by atoms with Crippen molar-refractivity contribution in [3.05, 3.63) is 53.9 Å². The smallest absolute Gasteiger partial charge is 0.433 e. The predicted molar refractivity (Wildman–Crippen MR) is 85.8 cm³/mol. The number of hydrogen-bond acceptors (Lipinski definition) is 4. The first-order valence-electron chi connectivity index (χ1n) is 7.44. The highest BCUT2D eigenvalue weighted by atomic mass is 19.4. The van der Waals surface area contributed by atoms with Crippen LogP contribution in [-0.4, -0.2) is 17.1 Å². The van der Waals surface area contributed by atoms with Gasteiger partial charge in [0.15, 0.2) is 0 Å². The lowest BCUT2D eigenvalue weighted by Crippen LogP contribution is -2.10. The molecule has 10 heteroatoms. The third-order valence-electron chi connectivity index (χ3n) is 3.65. The molecule has 27 heavy (non-hydrogen) atoms. The first kappa shape index (κ1) is 18.7. The Labute approximate surface area is 148 Å². The van der Waals surface area contributed by atoms with E-state index in [9.17, 15) is 26.3 Å². The van der Waals surface area contributed by atoms with Crippen LogP contribution in [0.2, 0.25) is 0 Å². The summed E-state index contributed by atoms with van der Waals surface area (Å²) in [5, 5.41) is 2.83. The van der Waals surface area contributed by atoms with Gasteiger partial charge in [0.1, 0.15) is 5.69 Å². The molecule has 3 rings (SSSR count). The summed E-state index contributed by atoms with van der Waals surface area (Å²) in [6.45, 7) is 0. The highest BCUT2D eigenvalue weighted by Crippen LogP contribution is 2.37. The van der Waals surface area contributed by atoms with Crippen LogP contribution in [0.5, 0.6) is 5.88 Å². The van der Waals surface area contributed by atoms with Crippen LogP contribution >= 0.6 is 0 Å². The molecule has 0 fully saturated rings. The molecule has 0 saturated carbocycles. The molecule has 0 aliphatic rings. The first-order valence-corrected chi connectivity index (χ1v) is 7.44. The van der Waals surface area contributed by atoms with Crippen molar-refractivity contribution in [2.24, 2.45) is 0 Å². The average molecular weight is 387 g/mol. The van der Waals surface area contributed by atoms with Crippen molar-refractivity contribution in [2.75, 3.05) is 12.4 Å². The Morgan fingerprint density at radius 2 is 1.67 bits per heavy atom. The van der Waals surface area contributed by atoms with Crippen LogP contribution in [0.15, 0.2) is 42.6 Å². The Bertz CT molecular complexity index is 962. The van der Waals surface area contributed by atoms with Crippen LogP contribution in [0.25, 0.3) is 10.9 Å². The fourth-order valence-corrected chi connectivity index (χ4v) is 2.38. The molecule has 1 N–H and O–H groups in total. The van der Waals surface area contributed by atoms with Gasteiger partial charge in [-0.2, -0.15) is 26.3 Å². The largest absolute Gasteiger partial charge is 0.481 e. The van der Waals surface area contributed by atoms with Gasteiger partial charge in [0, 0.05) is 11.5 Å². The second-order valence-corrected chi connectivity index (χ2v) is 5.50. The number of alkyl halides is 6. The SMILES string of the molecule is COc1ccc(Nc2cc(C(F)(F)F)nc3cc(C(F)(F)F)ccc23)cn1. The lowest BCUT2D eigenvalue weighted by molar-refractivity contribution is -0.140. The van der Waals surface area contributed by atoms with Crippen LogP contribution in [-0.2, 0) is 12.4 Å². The van der Waals surface area contributed by atoms with Crippen molar-refractivity contribution in [2.45, 2.75) is 12.4 Å². The predicted octanol–water partition coefficient (Wildman–Crippen LogP) is 5.42. The zero-order chi connectivity index (χ0) is 19.8. The molecule has 0 radical (unpaired) electrons. The number of pyridine rings is 2. The number of aromatic nitrogens is 2. The van der Waals surface area contributed by atoms with Crippen molar-refractivity contribution >= 4 is 22.3 Å². The monoisotopic (exact) mass is 387 g/mol. The van der Waals surface area contributed by atoms with E-state index in [0.717, 1.165) is 18.2 Å². The second-order valence-electron chi connectivity index (χ2n) is 5.50. The Hall–Kier alpha value is -3.04. The number of fused-ring (bicyclic) bond motifs is 1. The number of anilines is 2. The zero-order valence-corrected chi connectivity index (χ0v) is 13.6. The maximum Gasteiger partial charge on any atom is 0.433 e. The van der Waals surface area contributed by atoms with E-state index in [2.05, 4.69) is 15.3 Å². The molecule has 142 valence electrons. The molecule has 1 aromatic carbocycles. The van der Waals surface area contributed by atoms with Crippen molar-refractivity contribution in [1.82, 2.24) is 9.97 Å². The lowest BCUT2D eigenvalue weighted by Gasteiger charge is -2.15. The molecule has 0 bridgehead atoms. The number of nitrogens with zero attached hydrogens (tertiary/aromatic N) is 2. The third kappa shape index (κ3) is 4.04. The topological polar surface area (TPSA) is 47.0 Å². The van der Waals surface area contributed by atoms with E-state index in [-0.39, 0.29) is 11.1 Å². The van der Waals surface area contributed by atoms with Gasteiger partial charge in [-0.1, -0.05) is 6.07 Å². The van der Waals surface area contributed by atoms with Crippen LogP contribution in [0, 0.1) is 0 Å². The summed E-state index contributed by atoms with van der Waals surface area (Å²) in [7, 11) is 1.40. The second kappa shape index (κ2) is 6.60. The summed E-state index contributed by atoms with van der Waals surface area (Å²) in [5.41, 5.74) is -2.54. The van der Waals surface area contributed by atoms with E-state index in [0.29, 0.717) is 17.6 Å². The van der Waals surface area contributed by atoms with Gasteiger partial charge in [0.25, 0.3) is 0 Å². The average Bonchev–Trinajstić information content (AvgIpc) is 2.60. The molecule has 0 atom stereocenters. The lowest BCUT2D eigenvalue weighted by atomic mass is 10.1. The fraction of sp³-hybridized carbons (Fsp3) is 0.176. The molecule has 3 aromatic rings. The summed E-state index contributed by atoms with van der Waals surface area (Å²) < 4.78 is 82.9. The Kier molecular flexibility index (Phi) is 4.58. The van der Waals surface area contributed by atoms with Crippen molar-refractivity contribution < 1.29 is 31.1 Å². The molecular formula is C17H11F6N3O. The van der Waals surface area contributed by atoms with E-state index >= 15 is 0 Å². The van der Waals surface area contributed by atoms with E-state index in [1.807, 2.05) is 0 Å². The highest BCUT2D eigenvalue weighted by molar-refractivity contribution is 5.93. The van der Waals surface area contributed by atoms with Crippen LogP contribution in [0.1, 0.15) is 11.3 Å². The number of methoxy groups -OCH3 is 1. The molecular weight excluding hydrogens is 376 g/mol. The van der Waals surface area contributed by atoms with Gasteiger partial charge in [-0.15, -0.1) is 0 Å². The molecule has 0 spiro atoms. The maximum absolute atomic E-state index is 13.1. The summed E-state index contributed by atoms with van der Waals surface area (Å²) in [5.74, 6) is 0.297. The van der Waals surface area contributed by atoms with Gasteiger partial charge in [-0.3, -0.25) is 0 Å². The minimum absolute atomic E-state index is 0.0481. The van der Waals surface area contributed by atoms with E-state index in [1.54, 1.807) is 0 Å². The molecule has 0 aliphatic heterocycles. The van der Waals surface area contributed by atoms with Gasteiger partial charge in [-0.05, 0) is 24.3 Å². The van der Waals surface area contributed by atoms with Crippen LogP contribution in [0.4, 0.5) is 37.7 Å². The van der Waals surface area contributed by atoms with Gasteiger partial charge in [0.05, 0.1) is 35.8 Å². The summed E-state index contributed by atoms with van der Waals surface area (Å²) in [6.07, 6.45) is -8.20. The molecule has 0 unspecified atom stereocenters. The minimum atomic E-state index is -4.82. The Balaban J connectivity index is 2.13. The van der Waals surface area contributed by atoms with Crippen molar-refractivity contribution in [1.29, 1.82) is 0 Å². The van der Waals surface area contributed by atoms with Gasteiger partial charge < -0.3 is 10.1 Å². The molecule has 2 aromatic heterocycles. The van der Waals surface area contributed by atoms with E-state index in [1.165, 1.54) is 25.4 Å². The number of hydrogen-bond donors (Lipinski definition) is 1. The number of halogens is 6. The Morgan fingerprint density at radius 3 is 2.22 bits per heavy atom. The van der Waals surface area contributed by atoms with Gasteiger partial charge in [0.2, 0.25) is 5.88 Å². The number of nitrogens with one attached hydrogen (secondary N) is 1. The first-order chi connectivity index (χ1) is 12.6. The number of ether oxygens (including phenoxy) is 1. The van der Waals surface area contributed by atoms with E-state index < -0.39 is 29.1 Å². The van der Waals surface area contributed by atoms with Crippen molar-refractivity contribution in [3.63, 3.8) is 0 Å².